The van der Waals surface area contributed by atoms with E-state index < -0.39 is 24.3 Å². The average Bonchev–Trinajstić information content (AvgIpc) is 3.32. The smallest absolute Gasteiger partial charge is 0.292 e. The highest BCUT2D eigenvalue weighted by Gasteiger charge is 2.42. The summed E-state index contributed by atoms with van der Waals surface area (Å²) in [6.07, 6.45) is -1.73. The number of aromatic nitrogens is 5. The normalized spacial score (nSPS) is 14.1. The number of nitrogens with zero attached hydrogens (tertiary/aromatic N) is 5. The van der Waals surface area contributed by atoms with Gasteiger partial charge in [0, 0.05) is 21.5 Å². The fraction of sp³-hybridized carbons (Fsp3) is 0.333. The number of alkyl halides is 3. The molecular weight excluding hydrogens is 524 g/mol. The topological polar surface area (TPSA) is 77.6 Å². The zero-order chi connectivity index (χ0) is 22.3. The summed E-state index contributed by atoms with van der Waals surface area (Å²) >= 11 is 15.3. The number of halogens is 6. The molecule has 0 aliphatic heterocycles. The molecule has 2 heterocycles. The number of benzene rings is 1. The van der Waals surface area contributed by atoms with Crippen molar-refractivity contribution >= 4 is 51.0 Å². The number of carbonyl (C=O) groups excluding carboxylic acids is 1. The lowest BCUT2D eigenvalue weighted by Crippen LogP contribution is -2.22. The lowest BCUT2D eigenvalue weighted by molar-refractivity contribution is -0.142. The van der Waals surface area contributed by atoms with Gasteiger partial charge in [0.15, 0.2) is 5.69 Å². The Morgan fingerprint density at radius 1 is 1.23 bits per heavy atom. The highest BCUT2D eigenvalue weighted by atomic mass is 79.9. The van der Waals surface area contributed by atoms with Crippen molar-refractivity contribution in [1.82, 2.24) is 24.5 Å². The lowest BCUT2D eigenvalue weighted by Gasteiger charge is -2.07. The van der Waals surface area contributed by atoms with E-state index in [0.29, 0.717) is 21.3 Å². The second kappa shape index (κ2) is 8.44. The molecule has 1 fully saturated rings. The van der Waals surface area contributed by atoms with Crippen LogP contribution >= 0.6 is 39.1 Å². The summed E-state index contributed by atoms with van der Waals surface area (Å²) in [5, 5.41) is 11.2. The highest BCUT2D eigenvalue weighted by molar-refractivity contribution is 9.10. The van der Waals surface area contributed by atoms with Crippen molar-refractivity contribution in [3.05, 3.63) is 56.0 Å². The van der Waals surface area contributed by atoms with Crippen molar-refractivity contribution in [3.8, 4) is 0 Å². The van der Waals surface area contributed by atoms with Crippen LogP contribution in [-0.2, 0) is 24.1 Å². The second-order valence-corrected chi connectivity index (χ2v) is 8.60. The predicted octanol–water partition coefficient (Wildman–Crippen LogP) is 5.13. The number of carbonyl (C=O) groups is 1. The minimum Gasteiger partial charge on any atom is -0.292 e. The van der Waals surface area contributed by atoms with Gasteiger partial charge in [0.25, 0.3) is 0 Å². The molecule has 164 valence electrons. The van der Waals surface area contributed by atoms with E-state index in [2.05, 4.69) is 36.4 Å². The van der Waals surface area contributed by atoms with Crippen LogP contribution in [0, 0.1) is 0 Å². The summed E-state index contributed by atoms with van der Waals surface area (Å²) in [7, 11) is 0. The Labute approximate surface area is 192 Å². The van der Waals surface area contributed by atoms with Crippen molar-refractivity contribution in [2.24, 2.45) is 0 Å². The molecule has 7 nitrogen and oxygen atoms in total. The maximum absolute atomic E-state index is 13.2. The van der Waals surface area contributed by atoms with Gasteiger partial charge in [-0.2, -0.15) is 18.3 Å². The van der Waals surface area contributed by atoms with E-state index in [0.717, 1.165) is 17.5 Å². The maximum atomic E-state index is 13.2. The Balaban J connectivity index is 1.47. The molecule has 0 atom stereocenters. The molecule has 31 heavy (non-hydrogen) atoms. The number of anilines is 1. The summed E-state index contributed by atoms with van der Waals surface area (Å²) in [5.41, 5.74) is -0.0284. The molecule has 0 unspecified atom stereocenters. The first-order chi connectivity index (χ1) is 14.6. The van der Waals surface area contributed by atoms with Crippen molar-refractivity contribution in [2.75, 3.05) is 5.32 Å². The van der Waals surface area contributed by atoms with Crippen LogP contribution in [0.2, 0.25) is 10.0 Å². The number of amides is 1. The van der Waals surface area contributed by atoms with E-state index in [1.807, 2.05) is 0 Å². The van der Waals surface area contributed by atoms with Crippen molar-refractivity contribution in [3.63, 3.8) is 0 Å². The largest absolute Gasteiger partial charge is 0.436 e. The van der Waals surface area contributed by atoms with E-state index in [-0.39, 0.29) is 22.9 Å². The lowest BCUT2D eigenvalue weighted by atomic mass is 10.2. The van der Waals surface area contributed by atoms with Crippen LogP contribution in [0.25, 0.3) is 0 Å². The molecule has 1 aliphatic rings. The summed E-state index contributed by atoms with van der Waals surface area (Å²) < 4.78 is 42.0. The Bertz CT molecular complexity index is 1120. The molecule has 0 spiro atoms. The molecule has 1 amide bonds. The molecule has 0 saturated heterocycles. The van der Waals surface area contributed by atoms with Crippen LogP contribution in [0.5, 0.6) is 0 Å². The van der Waals surface area contributed by atoms with Gasteiger partial charge >= 0.3 is 6.18 Å². The zero-order valence-corrected chi connectivity index (χ0v) is 18.7. The molecule has 2 aromatic heterocycles. The van der Waals surface area contributed by atoms with Crippen LogP contribution in [0.1, 0.15) is 35.7 Å². The average molecular weight is 538 g/mol. The molecule has 4 rings (SSSR count). The van der Waals surface area contributed by atoms with E-state index in [1.165, 1.54) is 11.0 Å². The minimum atomic E-state index is -4.62. The van der Waals surface area contributed by atoms with Gasteiger partial charge in [-0.3, -0.25) is 14.8 Å². The van der Waals surface area contributed by atoms with E-state index in [4.69, 9.17) is 23.2 Å². The van der Waals surface area contributed by atoms with Gasteiger partial charge in [-0.25, -0.2) is 9.67 Å². The Morgan fingerprint density at radius 3 is 2.52 bits per heavy atom. The van der Waals surface area contributed by atoms with Gasteiger partial charge in [-0.15, -0.1) is 5.10 Å². The molecule has 13 heteroatoms. The molecule has 1 aliphatic carbocycles. The summed E-state index contributed by atoms with van der Waals surface area (Å²) in [5.74, 6) is -0.647. The van der Waals surface area contributed by atoms with Gasteiger partial charge in [0.1, 0.15) is 12.9 Å². The number of rotatable bonds is 6. The van der Waals surface area contributed by atoms with Crippen molar-refractivity contribution in [1.29, 1.82) is 0 Å². The van der Waals surface area contributed by atoms with E-state index in [1.54, 1.807) is 18.2 Å². The molecular formula is C18H14BrCl2F3N6O. The molecule has 1 N–H and O–H groups in total. The Hall–Kier alpha value is -2.11. The summed E-state index contributed by atoms with van der Waals surface area (Å²) in [6, 6.07) is 5.10. The third-order valence-electron chi connectivity index (χ3n) is 4.63. The van der Waals surface area contributed by atoms with Gasteiger partial charge < -0.3 is 0 Å². The fourth-order valence-corrected chi connectivity index (χ4v) is 4.42. The van der Waals surface area contributed by atoms with Crippen LogP contribution in [-0.4, -0.2) is 30.5 Å². The third-order valence-corrected chi connectivity index (χ3v) is 6.12. The van der Waals surface area contributed by atoms with Crippen LogP contribution < -0.4 is 5.32 Å². The quantitative estimate of drug-likeness (QED) is 0.473. The van der Waals surface area contributed by atoms with Crippen LogP contribution in [0.4, 0.5) is 19.1 Å². The fourth-order valence-electron chi connectivity index (χ4n) is 3.08. The van der Waals surface area contributed by atoms with Crippen LogP contribution in [0.3, 0.4) is 0 Å². The van der Waals surface area contributed by atoms with Gasteiger partial charge in [-0.1, -0.05) is 29.3 Å². The third kappa shape index (κ3) is 4.88. The number of nitrogens with one attached hydrogen (secondary N) is 1. The first-order valence-electron chi connectivity index (χ1n) is 9.09. The molecule has 0 bridgehead atoms. The Morgan fingerprint density at radius 2 is 1.90 bits per heavy atom. The van der Waals surface area contributed by atoms with Gasteiger partial charge in [-0.05, 0) is 40.9 Å². The molecule has 0 radical (unpaired) electrons. The second-order valence-electron chi connectivity index (χ2n) is 6.99. The van der Waals surface area contributed by atoms with Crippen LogP contribution in [0.15, 0.2) is 29.0 Å². The highest BCUT2D eigenvalue weighted by Crippen LogP contribution is 2.46. The number of hydrogen-bond acceptors (Lipinski definition) is 4. The summed E-state index contributed by atoms with van der Waals surface area (Å²) in [6.45, 7) is -0.167. The van der Waals surface area contributed by atoms with Gasteiger partial charge in [0.2, 0.25) is 11.9 Å². The monoisotopic (exact) mass is 536 g/mol. The Kier molecular flexibility index (Phi) is 6.01. The minimum absolute atomic E-state index is 0.00316. The maximum Gasteiger partial charge on any atom is 0.436 e. The van der Waals surface area contributed by atoms with E-state index >= 15 is 0 Å². The zero-order valence-electron chi connectivity index (χ0n) is 15.6. The standard InChI is InChI=1S/C18H14BrCl2F3N6O/c19-14-15(9-4-5-9)30(27-16(14)18(22,23)24)7-13(31)26-17-25-8-29(28-17)6-10-11(20)2-1-3-12(10)21/h1-3,8-9H,4-7H2,(H,26,28,31). The molecule has 1 aromatic carbocycles. The summed E-state index contributed by atoms with van der Waals surface area (Å²) in [4.78, 5) is 16.4. The predicted molar refractivity (Wildman–Crippen MR) is 111 cm³/mol. The molecule has 1 saturated carbocycles. The van der Waals surface area contributed by atoms with E-state index in [9.17, 15) is 18.0 Å². The first-order valence-corrected chi connectivity index (χ1v) is 10.6. The number of hydrogen-bond donors (Lipinski definition) is 1. The van der Waals surface area contributed by atoms with Crippen molar-refractivity contribution in [2.45, 2.75) is 38.0 Å². The SMILES string of the molecule is O=C(Cn1nc(C(F)(F)F)c(Br)c1C1CC1)Nc1ncn(Cc2c(Cl)cccc2Cl)n1. The molecule has 3 aromatic rings. The van der Waals surface area contributed by atoms with Crippen molar-refractivity contribution < 1.29 is 18.0 Å². The first kappa shape index (κ1) is 22.1. The van der Waals surface area contributed by atoms with Gasteiger partial charge in [0.05, 0.1) is 16.7 Å².